The minimum Gasteiger partial charge on any atom is -0.313 e. The monoisotopic (exact) mass is 181 g/mol. The van der Waals surface area contributed by atoms with Crippen molar-refractivity contribution >= 4 is 0 Å². The zero-order valence-electron chi connectivity index (χ0n) is 7.28. The Kier molecular flexibility index (Phi) is 2.66. The second-order valence-electron chi connectivity index (χ2n) is 3.73. The van der Waals surface area contributed by atoms with Gasteiger partial charge in [-0.05, 0) is 12.3 Å². The minimum absolute atomic E-state index is 0.0385. The van der Waals surface area contributed by atoms with Crippen LogP contribution in [0.15, 0.2) is 0 Å². The van der Waals surface area contributed by atoms with Crippen molar-refractivity contribution in [3.63, 3.8) is 0 Å². The first kappa shape index (κ1) is 9.84. The zero-order chi connectivity index (χ0) is 9.35. The summed E-state index contributed by atoms with van der Waals surface area (Å²) in [4.78, 5) is 0. The summed E-state index contributed by atoms with van der Waals surface area (Å²) in [5.74, 6) is -0.845. The Morgan fingerprint density at radius 2 is 1.92 bits per heavy atom. The Labute approximate surface area is 70.3 Å². The summed E-state index contributed by atoms with van der Waals surface area (Å²) in [5.41, 5.74) is 0. The van der Waals surface area contributed by atoms with E-state index in [1.54, 1.807) is 0 Å². The molecular weight excluding hydrogens is 167 g/mol. The minimum atomic E-state index is -4.02. The lowest BCUT2D eigenvalue weighted by atomic mass is 9.98. The van der Waals surface area contributed by atoms with E-state index < -0.39 is 12.1 Å². The SMILES string of the molecule is CC(C)C1CC(C(F)(F)F)CN1. The molecule has 1 N–H and O–H groups in total. The number of hydrogen-bond donors (Lipinski definition) is 1. The Balaban J connectivity index is 2.46. The summed E-state index contributed by atoms with van der Waals surface area (Å²) in [7, 11) is 0. The highest BCUT2D eigenvalue weighted by Crippen LogP contribution is 2.33. The Hall–Kier alpha value is -0.250. The third-order valence-electron chi connectivity index (χ3n) is 2.43. The van der Waals surface area contributed by atoms with Crippen molar-refractivity contribution in [2.24, 2.45) is 11.8 Å². The van der Waals surface area contributed by atoms with Gasteiger partial charge in [-0.15, -0.1) is 0 Å². The van der Waals surface area contributed by atoms with Crippen molar-refractivity contribution < 1.29 is 13.2 Å². The molecule has 0 radical (unpaired) electrons. The molecule has 1 heterocycles. The molecule has 1 nitrogen and oxygen atoms in total. The molecule has 4 heteroatoms. The highest BCUT2D eigenvalue weighted by Gasteiger charge is 2.44. The summed E-state index contributed by atoms with van der Waals surface area (Å²) < 4.78 is 36.5. The predicted octanol–water partition coefficient (Wildman–Crippen LogP) is 2.18. The van der Waals surface area contributed by atoms with Gasteiger partial charge in [0, 0.05) is 12.6 Å². The van der Waals surface area contributed by atoms with Crippen LogP contribution in [0.1, 0.15) is 20.3 Å². The number of hydrogen-bond acceptors (Lipinski definition) is 1. The molecule has 1 saturated heterocycles. The van der Waals surface area contributed by atoms with Gasteiger partial charge in [-0.2, -0.15) is 13.2 Å². The molecule has 0 spiro atoms. The first-order valence-electron chi connectivity index (χ1n) is 4.21. The summed E-state index contributed by atoms with van der Waals surface area (Å²) in [6.45, 7) is 3.97. The maximum absolute atomic E-state index is 12.2. The smallest absolute Gasteiger partial charge is 0.313 e. The van der Waals surface area contributed by atoms with E-state index in [4.69, 9.17) is 0 Å². The fourth-order valence-corrected chi connectivity index (χ4v) is 1.52. The summed E-state index contributed by atoms with van der Waals surface area (Å²) in [6.07, 6.45) is -3.78. The molecule has 1 fully saturated rings. The molecule has 72 valence electrons. The van der Waals surface area contributed by atoms with Gasteiger partial charge in [-0.1, -0.05) is 13.8 Å². The van der Waals surface area contributed by atoms with Crippen LogP contribution in [-0.4, -0.2) is 18.8 Å². The van der Waals surface area contributed by atoms with Crippen LogP contribution in [0.25, 0.3) is 0 Å². The molecule has 0 bridgehead atoms. The normalized spacial score (nSPS) is 31.5. The van der Waals surface area contributed by atoms with Crippen LogP contribution >= 0.6 is 0 Å². The number of alkyl halides is 3. The summed E-state index contributed by atoms with van der Waals surface area (Å²) >= 11 is 0. The van der Waals surface area contributed by atoms with Gasteiger partial charge in [0.25, 0.3) is 0 Å². The van der Waals surface area contributed by atoms with E-state index in [-0.39, 0.29) is 24.9 Å². The second kappa shape index (κ2) is 3.24. The van der Waals surface area contributed by atoms with E-state index in [2.05, 4.69) is 5.32 Å². The Morgan fingerprint density at radius 1 is 1.33 bits per heavy atom. The van der Waals surface area contributed by atoms with Gasteiger partial charge in [0.2, 0.25) is 0 Å². The first-order chi connectivity index (χ1) is 5.41. The van der Waals surface area contributed by atoms with Gasteiger partial charge in [-0.25, -0.2) is 0 Å². The molecule has 1 aliphatic rings. The van der Waals surface area contributed by atoms with E-state index in [1.807, 2.05) is 13.8 Å². The lowest BCUT2D eigenvalue weighted by Crippen LogP contribution is -2.26. The van der Waals surface area contributed by atoms with Crippen LogP contribution in [0, 0.1) is 11.8 Å². The topological polar surface area (TPSA) is 12.0 Å². The van der Waals surface area contributed by atoms with Crippen molar-refractivity contribution in [2.45, 2.75) is 32.5 Å². The van der Waals surface area contributed by atoms with E-state index in [1.165, 1.54) is 0 Å². The summed E-state index contributed by atoms with van der Waals surface area (Å²) in [6, 6.07) is 0.0385. The van der Waals surface area contributed by atoms with Crippen LogP contribution in [0.5, 0.6) is 0 Å². The highest BCUT2D eigenvalue weighted by atomic mass is 19.4. The van der Waals surface area contributed by atoms with Crippen molar-refractivity contribution in [1.82, 2.24) is 5.32 Å². The van der Waals surface area contributed by atoms with E-state index in [9.17, 15) is 13.2 Å². The lowest BCUT2D eigenvalue weighted by Gasteiger charge is -2.15. The van der Waals surface area contributed by atoms with Gasteiger partial charge in [0.1, 0.15) is 0 Å². The molecule has 1 aliphatic heterocycles. The average molecular weight is 181 g/mol. The molecular formula is C8H14F3N. The molecule has 2 unspecified atom stereocenters. The third kappa shape index (κ3) is 2.12. The first-order valence-corrected chi connectivity index (χ1v) is 4.21. The van der Waals surface area contributed by atoms with E-state index in [0.29, 0.717) is 0 Å². The van der Waals surface area contributed by atoms with Crippen LogP contribution in [0.3, 0.4) is 0 Å². The molecule has 2 atom stereocenters. The maximum Gasteiger partial charge on any atom is 0.393 e. The van der Waals surface area contributed by atoms with Crippen molar-refractivity contribution in [2.75, 3.05) is 6.54 Å². The molecule has 0 aromatic rings. The zero-order valence-corrected chi connectivity index (χ0v) is 7.28. The molecule has 0 amide bonds. The fourth-order valence-electron chi connectivity index (χ4n) is 1.52. The lowest BCUT2D eigenvalue weighted by molar-refractivity contribution is -0.169. The van der Waals surface area contributed by atoms with Gasteiger partial charge >= 0.3 is 6.18 Å². The Morgan fingerprint density at radius 3 is 2.17 bits per heavy atom. The van der Waals surface area contributed by atoms with E-state index >= 15 is 0 Å². The highest BCUT2D eigenvalue weighted by molar-refractivity contribution is 4.86. The van der Waals surface area contributed by atoms with Crippen LogP contribution in [0.4, 0.5) is 13.2 Å². The quantitative estimate of drug-likeness (QED) is 0.653. The average Bonchev–Trinajstić information content (AvgIpc) is 2.30. The van der Waals surface area contributed by atoms with Crippen molar-refractivity contribution in [1.29, 1.82) is 0 Å². The van der Waals surface area contributed by atoms with Gasteiger partial charge in [0.15, 0.2) is 0 Å². The van der Waals surface area contributed by atoms with Gasteiger partial charge in [0.05, 0.1) is 5.92 Å². The fraction of sp³-hybridized carbons (Fsp3) is 1.00. The molecule has 0 aromatic heterocycles. The number of nitrogens with one attached hydrogen (secondary N) is 1. The van der Waals surface area contributed by atoms with Gasteiger partial charge < -0.3 is 5.32 Å². The number of rotatable bonds is 1. The second-order valence-corrected chi connectivity index (χ2v) is 3.73. The van der Waals surface area contributed by atoms with Crippen LogP contribution < -0.4 is 5.32 Å². The summed E-state index contributed by atoms with van der Waals surface area (Å²) in [5, 5.41) is 2.89. The van der Waals surface area contributed by atoms with Crippen LogP contribution in [-0.2, 0) is 0 Å². The number of halogens is 3. The largest absolute Gasteiger partial charge is 0.393 e. The molecule has 1 rings (SSSR count). The van der Waals surface area contributed by atoms with Crippen molar-refractivity contribution in [3.8, 4) is 0 Å². The molecule has 0 saturated carbocycles. The maximum atomic E-state index is 12.2. The molecule has 0 aromatic carbocycles. The molecule has 12 heavy (non-hydrogen) atoms. The predicted molar refractivity (Wildman–Crippen MR) is 40.8 cm³/mol. The van der Waals surface area contributed by atoms with E-state index in [0.717, 1.165) is 0 Å². The molecule has 0 aliphatic carbocycles. The third-order valence-corrected chi connectivity index (χ3v) is 2.43. The standard InChI is InChI=1S/C8H14F3N/c1-5(2)7-3-6(4-12-7)8(9,10)11/h5-7,12H,3-4H2,1-2H3. The van der Waals surface area contributed by atoms with Crippen molar-refractivity contribution in [3.05, 3.63) is 0 Å². The van der Waals surface area contributed by atoms with Gasteiger partial charge in [-0.3, -0.25) is 0 Å². The Bertz CT molecular complexity index is 153. The van der Waals surface area contributed by atoms with Crippen LogP contribution in [0.2, 0.25) is 0 Å².